The molecule has 2 heterocycles. The van der Waals surface area contributed by atoms with Gasteiger partial charge in [-0.3, -0.25) is 0 Å². The molecule has 1 fully saturated rings. The summed E-state index contributed by atoms with van der Waals surface area (Å²) < 4.78 is 5.70. The summed E-state index contributed by atoms with van der Waals surface area (Å²) in [6.45, 7) is 1.71. The van der Waals surface area contributed by atoms with Crippen molar-refractivity contribution in [3.8, 4) is 0 Å². The number of hydrogen-bond acceptors (Lipinski definition) is 4. The number of nitrogens with one attached hydrogen (secondary N) is 1. The van der Waals surface area contributed by atoms with Crippen molar-refractivity contribution in [3.05, 3.63) is 30.3 Å². The Kier molecular flexibility index (Phi) is 3.51. The van der Waals surface area contributed by atoms with E-state index in [0.717, 1.165) is 42.0 Å². The minimum absolute atomic E-state index is 0.317. The molecule has 0 spiro atoms. The first-order valence-electron chi connectivity index (χ1n) is 6.83. The molecule has 4 heteroatoms. The summed E-state index contributed by atoms with van der Waals surface area (Å²) in [7, 11) is 0. The van der Waals surface area contributed by atoms with Crippen molar-refractivity contribution in [1.82, 2.24) is 4.98 Å². The van der Waals surface area contributed by atoms with Gasteiger partial charge in [-0.05, 0) is 49.6 Å². The van der Waals surface area contributed by atoms with Gasteiger partial charge in [0, 0.05) is 24.2 Å². The Balaban J connectivity index is 1.69. The molecule has 1 aliphatic rings. The number of nitrogen functional groups attached to an aromatic ring is 1. The van der Waals surface area contributed by atoms with E-state index in [1.807, 2.05) is 30.3 Å². The molecular weight excluding hydrogens is 238 g/mol. The second kappa shape index (κ2) is 5.45. The standard InChI is InChI=1S/C15H19N3O/c16-12-5-6-14-11(9-12)4-7-15(18-14)17-10-13-3-1-2-8-19-13/h4-7,9,13H,1-3,8,10,16H2,(H,17,18). The van der Waals surface area contributed by atoms with Crippen LogP contribution in [0.4, 0.5) is 11.5 Å². The fraction of sp³-hybridized carbons (Fsp3) is 0.400. The van der Waals surface area contributed by atoms with Crippen molar-refractivity contribution >= 4 is 22.4 Å². The van der Waals surface area contributed by atoms with Crippen LogP contribution in [0.3, 0.4) is 0 Å². The predicted octanol–water partition coefficient (Wildman–Crippen LogP) is 2.80. The lowest BCUT2D eigenvalue weighted by Gasteiger charge is -2.23. The highest BCUT2D eigenvalue weighted by atomic mass is 16.5. The first kappa shape index (κ1) is 12.2. The molecule has 1 aromatic heterocycles. The molecule has 0 amide bonds. The molecule has 0 aliphatic carbocycles. The van der Waals surface area contributed by atoms with Crippen LogP contribution in [0.5, 0.6) is 0 Å². The maximum Gasteiger partial charge on any atom is 0.126 e. The Morgan fingerprint density at radius 1 is 1.26 bits per heavy atom. The lowest BCUT2D eigenvalue weighted by Crippen LogP contribution is -2.27. The first-order valence-corrected chi connectivity index (χ1v) is 6.83. The van der Waals surface area contributed by atoms with Gasteiger partial charge in [0.25, 0.3) is 0 Å². The van der Waals surface area contributed by atoms with E-state index in [4.69, 9.17) is 10.5 Å². The molecule has 1 aliphatic heterocycles. The van der Waals surface area contributed by atoms with E-state index in [2.05, 4.69) is 10.3 Å². The van der Waals surface area contributed by atoms with Crippen LogP contribution in [0.1, 0.15) is 19.3 Å². The molecule has 2 aromatic rings. The third kappa shape index (κ3) is 2.96. The van der Waals surface area contributed by atoms with Gasteiger partial charge in [-0.1, -0.05) is 0 Å². The number of hydrogen-bond donors (Lipinski definition) is 2. The number of aromatic nitrogens is 1. The van der Waals surface area contributed by atoms with Crippen molar-refractivity contribution in [2.75, 3.05) is 24.2 Å². The second-order valence-electron chi connectivity index (χ2n) is 5.02. The van der Waals surface area contributed by atoms with Crippen molar-refractivity contribution < 1.29 is 4.74 Å². The summed E-state index contributed by atoms with van der Waals surface area (Å²) in [4.78, 5) is 4.58. The molecule has 100 valence electrons. The van der Waals surface area contributed by atoms with Gasteiger partial charge in [0.2, 0.25) is 0 Å². The Labute approximate surface area is 113 Å². The number of benzene rings is 1. The summed E-state index contributed by atoms with van der Waals surface area (Å²) in [6, 6.07) is 9.81. The average molecular weight is 257 g/mol. The van der Waals surface area contributed by atoms with Crippen LogP contribution < -0.4 is 11.1 Å². The van der Waals surface area contributed by atoms with Gasteiger partial charge in [-0.25, -0.2) is 4.98 Å². The summed E-state index contributed by atoms with van der Waals surface area (Å²) in [5, 5.41) is 4.42. The number of fused-ring (bicyclic) bond motifs is 1. The summed E-state index contributed by atoms with van der Waals surface area (Å²) in [5.41, 5.74) is 7.49. The maximum atomic E-state index is 5.76. The molecule has 1 saturated heterocycles. The van der Waals surface area contributed by atoms with Crippen LogP contribution in [0, 0.1) is 0 Å². The second-order valence-corrected chi connectivity index (χ2v) is 5.02. The van der Waals surface area contributed by atoms with Crippen LogP contribution in [0.2, 0.25) is 0 Å². The van der Waals surface area contributed by atoms with Gasteiger partial charge in [0.1, 0.15) is 5.82 Å². The topological polar surface area (TPSA) is 60.2 Å². The van der Waals surface area contributed by atoms with E-state index in [1.165, 1.54) is 12.8 Å². The zero-order valence-corrected chi connectivity index (χ0v) is 10.9. The highest BCUT2D eigenvalue weighted by Crippen LogP contribution is 2.19. The zero-order chi connectivity index (χ0) is 13.1. The Bertz CT molecular complexity index is 564. The number of nitrogens with two attached hydrogens (primary N) is 1. The van der Waals surface area contributed by atoms with E-state index in [-0.39, 0.29) is 0 Å². The van der Waals surface area contributed by atoms with Gasteiger partial charge < -0.3 is 15.8 Å². The molecule has 3 N–H and O–H groups in total. The molecule has 3 rings (SSSR count). The average Bonchev–Trinajstić information content (AvgIpc) is 2.46. The molecule has 0 saturated carbocycles. The number of nitrogens with zero attached hydrogens (tertiary/aromatic N) is 1. The summed E-state index contributed by atoms with van der Waals surface area (Å²) in [6.07, 6.45) is 3.90. The number of pyridine rings is 1. The SMILES string of the molecule is Nc1ccc2nc(NCC3CCCCO3)ccc2c1. The first-order chi connectivity index (χ1) is 9.31. The van der Waals surface area contributed by atoms with Crippen molar-refractivity contribution in [3.63, 3.8) is 0 Å². The summed E-state index contributed by atoms with van der Waals surface area (Å²) in [5.74, 6) is 0.895. The Hall–Kier alpha value is -1.81. The van der Waals surface area contributed by atoms with E-state index in [0.29, 0.717) is 6.10 Å². The van der Waals surface area contributed by atoms with Crippen molar-refractivity contribution in [2.45, 2.75) is 25.4 Å². The van der Waals surface area contributed by atoms with Gasteiger partial charge >= 0.3 is 0 Å². The third-order valence-corrected chi connectivity index (χ3v) is 3.50. The highest BCUT2D eigenvalue weighted by molar-refractivity contribution is 5.83. The van der Waals surface area contributed by atoms with Crippen molar-refractivity contribution in [1.29, 1.82) is 0 Å². The lowest BCUT2D eigenvalue weighted by molar-refractivity contribution is 0.0247. The fourth-order valence-corrected chi connectivity index (χ4v) is 2.43. The number of rotatable bonds is 3. The minimum Gasteiger partial charge on any atom is -0.399 e. The molecule has 19 heavy (non-hydrogen) atoms. The lowest BCUT2D eigenvalue weighted by atomic mass is 10.1. The maximum absolute atomic E-state index is 5.76. The van der Waals surface area contributed by atoms with Gasteiger partial charge in [0.15, 0.2) is 0 Å². The van der Waals surface area contributed by atoms with Gasteiger partial charge in [0.05, 0.1) is 11.6 Å². The van der Waals surface area contributed by atoms with Crippen LogP contribution >= 0.6 is 0 Å². The Morgan fingerprint density at radius 3 is 3.05 bits per heavy atom. The van der Waals surface area contributed by atoms with Crippen LogP contribution in [0.25, 0.3) is 10.9 Å². The van der Waals surface area contributed by atoms with Crippen LogP contribution in [-0.4, -0.2) is 24.2 Å². The largest absolute Gasteiger partial charge is 0.399 e. The van der Waals surface area contributed by atoms with Gasteiger partial charge in [-0.15, -0.1) is 0 Å². The van der Waals surface area contributed by atoms with Gasteiger partial charge in [-0.2, -0.15) is 0 Å². The van der Waals surface area contributed by atoms with E-state index >= 15 is 0 Å². The quantitative estimate of drug-likeness (QED) is 0.830. The zero-order valence-electron chi connectivity index (χ0n) is 10.9. The van der Waals surface area contributed by atoms with Crippen molar-refractivity contribution in [2.24, 2.45) is 0 Å². The smallest absolute Gasteiger partial charge is 0.126 e. The monoisotopic (exact) mass is 257 g/mol. The molecule has 1 aromatic carbocycles. The number of ether oxygens (including phenoxy) is 1. The van der Waals surface area contributed by atoms with E-state index in [1.54, 1.807) is 0 Å². The summed E-state index contributed by atoms with van der Waals surface area (Å²) >= 11 is 0. The molecule has 0 radical (unpaired) electrons. The highest BCUT2D eigenvalue weighted by Gasteiger charge is 2.13. The molecule has 0 bridgehead atoms. The van der Waals surface area contributed by atoms with Crippen LogP contribution in [-0.2, 0) is 4.74 Å². The third-order valence-electron chi connectivity index (χ3n) is 3.50. The van der Waals surface area contributed by atoms with Crippen LogP contribution in [0.15, 0.2) is 30.3 Å². The molecule has 4 nitrogen and oxygen atoms in total. The van der Waals surface area contributed by atoms with E-state index < -0.39 is 0 Å². The molecule has 1 atom stereocenters. The minimum atomic E-state index is 0.317. The Morgan fingerprint density at radius 2 is 2.21 bits per heavy atom. The predicted molar refractivity (Wildman–Crippen MR) is 78.2 cm³/mol. The normalized spacial score (nSPS) is 19.5. The molecular formula is C15H19N3O. The fourth-order valence-electron chi connectivity index (χ4n) is 2.43. The number of anilines is 2. The van der Waals surface area contributed by atoms with E-state index in [9.17, 15) is 0 Å². The molecule has 1 unspecified atom stereocenters.